The third-order valence-electron chi connectivity index (χ3n) is 14.6. The lowest BCUT2D eigenvalue weighted by Crippen LogP contribution is -2.37. The average Bonchev–Trinajstić information content (AvgIpc) is 3.43. The summed E-state index contributed by atoms with van der Waals surface area (Å²) in [6.45, 7) is 4.13. The number of quaternary nitrogens is 1. The number of carbonyl (C=O) groups is 2. The lowest BCUT2D eigenvalue weighted by atomic mass is 10.0. The minimum atomic E-state index is -4.64. The van der Waals surface area contributed by atoms with E-state index < -0.39 is 26.5 Å². The number of phosphoric ester groups is 1. The van der Waals surface area contributed by atoms with Crippen molar-refractivity contribution in [1.82, 2.24) is 0 Å². The fourth-order valence-corrected chi connectivity index (χ4v) is 10.2. The van der Waals surface area contributed by atoms with Crippen molar-refractivity contribution in [3.63, 3.8) is 0 Å². The summed E-state index contributed by atoms with van der Waals surface area (Å²) < 4.78 is 34.2. The number of ether oxygens (including phenoxy) is 2. The molecular formula is C71H128NO8P. The molecule has 0 fully saturated rings. The third kappa shape index (κ3) is 66.2. The largest absolute Gasteiger partial charge is 0.756 e. The molecular weight excluding hydrogens is 1030 g/mol. The van der Waals surface area contributed by atoms with Gasteiger partial charge in [0.1, 0.15) is 19.8 Å². The second-order valence-corrected chi connectivity index (χ2v) is 25.2. The van der Waals surface area contributed by atoms with E-state index in [4.69, 9.17) is 18.5 Å². The molecule has 0 aliphatic rings. The molecule has 2 atom stereocenters. The Morgan fingerprint density at radius 1 is 0.395 bits per heavy atom. The maximum atomic E-state index is 12.8. The summed E-state index contributed by atoms with van der Waals surface area (Å²) in [7, 11) is 1.17. The first-order chi connectivity index (χ1) is 39.5. The van der Waals surface area contributed by atoms with E-state index in [0.717, 1.165) is 89.9 Å². The Morgan fingerprint density at radius 2 is 0.704 bits per heavy atom. The molecule has 9 nitrogen and oxygen atoms in total. The van der Waals surface area contributed by atoms with Crippen LogP contribution in [0.2, 0.25) is 0 Å². The van der Waals surface area contributed by atoms with Crippen LogP contribution in [0.25, 0.3) is 0 Å². The summed E-state index contributed by atoms with van der Waals surface area (Å²) in [5, 5.41) is 0. The smallest absolute Gasteiger partial charge is 0.306 e. The van der Waals surface area contributed by atoms with Gasteiger partial charge in [-0.15, -0.1) is 0 Å². The molecule has 0 radical (unpaired) electrons. The van der Waals surface area contributed by atoms with Crippen molar-refractivity contribution >= 4 is 19.8 Å². The number of hydrogen-bond acceptors (Lipinski definition) is 8. The normalized spacial score (nSPS) is 13.7. The first kappa shape index (κ1) is 78.2. The van der Waals surface area contributed by atoms with Gasteiger partial charge in [0, 0.05) is 12.8 Å². The molecule has 0 saturated heterocycles. The molecule has 0 N–H and O–H groups in total. The van der Waals surface area contributed by atoms with Gasteiger partial charge >= 0.3 is 11.9 Å². The number of unbranched alkanes of at least 4 members (excludes halogenated alkanes) is 34. The van der Waals surface area contributed by atoms with Crippen molar-refractivity contribution in [2.75, 3.05) is 47.5 Å². The Bertz CT molecular complexity index is 1640. The fourth-order valence-electron chi connectivity index (χ4n) is 9.48. The van der Waals surface area contributed by atoms with Crippen LogP contribution in [0.4, 0.5) is 0 Å². The van der Waals surface area contributed by atoms with Crippen LogP contribution in [-0.4, -0.2) is 70.0 Å². The van der Waals surface area contributed by atoms with Gasteiger partial charge in [0.15, 0.2) is 6.10 Å². The van der Waals surface area contributed by atoms with E-state index in [0.29, 0.717) is 17.4 Å². The number of allylic oxidation sites excluding steroid dienone is 14. The molecule has 0 heterocycles. The van der Waals surface area contributed by atoms with Gasteiger partial charge in [0.2, 0.25) is 0 Å². The number of phosphoric acid groups is 1. The number of hydrogen-bond donors (Lipinski definition) is 0. The summed E-state index contributed by atoms with van der Waals surface area (Å²) in [5.41, 5.74) is 0. The molecule has 0 aromatic heterocycles. The number of likely N-dealkylation sites (N-methyl/N-ethyl adjacent to an activating group) is 1. The van der Waals surface area contributed by atoms with E-state index in [1.54, 1.807) is 0 Å². The quantitative estimate of drug-likeness (QED) is 0.0195. The van der Waals surface area contributed by atoms with Crippen molar-refractivity contribution < 1.29 is 42.1 Å². The maximum absolute atomic E-state index is 12.8. The topological polar surface area (TPSA) is 111 Å². The molecule has 0 spiro atoms. The molecule has 0 saturated carbocycles. The van der Waals surface area contributed by atoms with Gasteiger partial charge in [0.05, 0.1) is 27.7 Å². The number of carbonyl (C=O) groups excluding carboxylic acids is 2. The van der Waals surface area contributed by atoms with E-state index in [1.807, 2.05) is 21.1 Å². The lowest BCUT2D eigenvalue weighted by molar-refractivity contribution is -0.870. The van der Waals surface area contributed by atoms with Crippen LogP contribution in [0.1, 0.15) is 303 Å². The second kappa shape index (κ2) is 61.7. The third-order valence-corrected chi connectivity index (χ3v) is 15.6. The van der Waals surface area contributed by atoms with Crippen molar-refractivity contribution in [1.29, 1.82) is 0 Å². The van der Waals surface area contributed by atoms with Crippen LogP contribution >= 0.6 is 7.82 Å². The van der Waals surface area contributed by atoms with E-state index in [9.17, 15) is 19.0 Å². The molecule has 0 rings (SSSR count). The zero-order valence-corrected chi connectivity index (χ0v) is 54.4. The van der Waals surface area contributed by atoms with Crippen LogP contribution in [-0.2, 0) is 32.7 Å². The minimum Gasteiger partial charge on any atom is -0.756 e. The van der Waals surface area contributed by atoms with Crippen LogP contribution in [0.3, 0.4) is 0 Å². The first-order valence-electron chi connectivity index (χ1n) is 33.8. The van der Waals surface area contributed by atoms with Gasteiger partial charge in [-0.25, -0.2) is 0 Å². The van der Waals surface area contributed by atoms with E-state index in [2.05, 4.69) is 98.9 Å². The predicted octanol–water partition coefficient (Wildman–Crippen LogP) is 21.1. The Labute approximate surface area is 501 Å². The Balaban J connectivity index is 3.95. The number of rotatable bonds is 62. The van der Waals surface area contributed by atoms with Crippen LogP contribution in [0.15, 0.2) is 85.1 Å². The summed E-state index contributed by atoms with van der Waals surface area (Å²) in [4.78, 5) is 38.0. The summed E-state index contributed by atoms with van der Waals surface area (Å²) in [6.07, 6.45) is 83.8. The molecule has 2 unspecified atom stereocenters. The second-order valence-electron chi connectivity index (χ2n) is 23.8. The molecule has 0 bridgehead atoms. The highest BCUT2D eigenvalue weighted by Crippen LogP contribution is 2.38. The highest BCUT2D eigenvalue weighted by molar-refractivity contribution is 7.45. The fraction of sp³-hybridized carbons (Fsp3) is 0.775. The van der Waals surface area contributed by atoms with Gasteiger partial charge in [0.25, 0.3) is 7.82 Å². The van der Waals surface area contributed by atoms with Crippen LogP contribution in [0.5, 0.6) is 0 Å². The molecule has 0 aliphatic heterocycles. The Kier molecular flexibility index (Phi) is 59.6. The highest BCUT2D eigenvalue weighted by Gasteiger charge is 2.22. The Morgan fingerprint density at radius 3 is 1.05 bits per heavy atom. The molecule has 10 heteroatoms. The van der Waals surface area contributed by atoms with Crippen molar-refractivity contribution in [2.24, 2.45) is 0 Å². The van der Waals surface area contributed by atoms with Gasteiger partial charge in [-0.2, -0.15) is 0 Å². The maximum Gasteiger partial charge on any atom is 0.306 e. The summed E-state index contributed by atoms with van der Waals surface area (Å²) in [6, 6.07) is 0. The summed E-state index contributed by atoms with van der Waals surface area (Å²) >= 11 is 0. The molecule has 0 aromatic rings. The number of esters is 2. The minimum absolute atomic E-state index is 0.0327. The zero-order chi connectivity index (χ0) is 59.1. The van der Waals surface area contributed by atoms with Crippen LogP contribution in [0, 0.1) is 0 Å². The highest BCUT2D eigenvalue weighted by atomic mass is 31.2. The first-order valence-corrected chi connectivity index (χ1v) is 35.3. The van der Waals surface area contributed by atoms with E-state index in [1.165, 1.54) is 180 Å². The van der Waals surface area contributed by atoms with Gasteiger partial charge < -0.3 is 27.9 Å². The van der Waals surface area contributed by atoms with Gasteiger partial charge in [-0.3, -0.25) is 14.2 Å². The van der Waals surface area contributed by atoms with Crippen molar-refractivity contribution in [3.8, 4) is 0 Å². The molecule has 0 amide bonds. The number of nitrogens with zero attached hydrogens (tertiary/aromatic N) is 1. The van der Waals surface area contributed by atoms with E-state index in [-0.39, 0.29) is 32.0 Å². The predicted molar refractivity (Wildman–Crippen MR) is 346 cm³/mol. The van der Waals surface area contributed by atoms with Crippen molar-refractivity contribution in [2.45, 2.75) is 309 Å². The van der Waals surface area contributed by atoms with Gasteiger partial charge in [-0.1, -0.05) is 285 Å². The lowest BCUT2D eigenvalue weighted by Gasteiger charge is -2.28. The monoisotopic (exact) mass is 1150 g/mol. The molecule has 0 aliphatic carbocycles. The standard InChI is InChI=1S/C71H128NO8P/c1-6-8-10-12-14-16-18-20-22-24-26-27-28-29-30-31-32-33-34-35-36-37-38-39-40-41-42-43-44-45-46-48-50-52-54-56-58-60-62-64-71(74)80-69(68-79-81(75,76)78-66-65-72(3,4)5)67-77-70(73)63-61-59-57-55-53-51-49-47-25-23-21-19-17-15-13-11-9-7-2/h8,10,14,16-17,19-20,22-23,25-27,29-30,69H,6-7,9,11-13,15,18,21,24,28,31-68H2,1-5H3/b10-8-,16-14-,19-17-,22-20-,25-23-,27-26-,30-29-. The molecule has 0 aromatic carbocycles. The zero-order valence-electron chi connectivity index (χ0n) is 53.5. The van der Waals surface area contributed by atoms with Gasteiger partial charge in [-0.05, 0) is 89.9 Å². The summed E-state index contributed by atoms with van der Waals surface area (Å²) in [5.74, 6) is -0.832. The SMILES string of the molecule is CC/C=C\C/C=C\C/C=C\C/C=C\C/C=C\CCCCCCCCCCCCCCCCCCCCCCCCCC(=O)OC(COC(=O)CCCCCCCCC/C=C\C/C=C\CCCCCC)COP(=O)([O-])OCC[N+](C)(C)C. The molecule has 81 heavy (non-hydrogen) atoms. The van der Waals surface area contributed by atoms with E-state index >= 15 is 0 Å². The average molecular weight is 1150 g/mol. The molecule has 470 valence electrons. The van der Waals surface area contributed by atoms with Crippen molar-refractivity contribution in [3.05, 3.63) is 85.1 Å². The Hall–Kier alpha value is -2.81. The van der Waals surface area contributed by atoms with Crippen LogP contribution < -0.4 is 4.89 Å².